The van der Waals surface area contributed by atoms with Gasteiger partial charge in [-0.1, -0.05) is 92.7 Å². The summed E-state index contributed by atoms with van der Waals surface area (Å²) in [5.41, 5.74) is 3.09. The lowest BCUT2D eigenvalue weighted by molar-refractivity contribution is -0.212. The number of carbonyl (C=O) groups is 3. The Hall–Kier alpha value is -5.51. The minimum absolute atomic E-state index is 0.0357. The molecule has 3 aromatic rings. The normalized spacial score (nSPS) is 31.6. The average Bonchev–Trinajstić information content (AvgIpc) is 3.87. The first-order chi connectivity index (χ1) is 33.8. The number of Topliss-reactive ketones (excluding diaryl/α,β-unsaturated/α-hetero) is 1. The minimum atomic E-state index is -1.64. The van der Waals surface area contributed by atoms with Crippen LogP contribution in [0.1, 0.15) is 148 Å². The Morgan fingerprint density at radius 3 is 2.51 bits per heavy atom. The summed E-state index contributed by atoms with van der Waals surface area (Å²) >= 11 is 0. The number of phenols is 1. The number of phenolic OH excluding ortho intramolecular Hbond substituents is 1. The van der Waals surface area contributed by atoms with Gasteiger partial charge in [-0.2, -0.15) is 0 Å². The quantitative estimate of drug-likeness (QED) is 0.0760. The monoisotopic (exact) mass is 949 g/mol. The molecule has 0 radical (unpaired) electrons. The number of anilines is 1. The highest BCUT2D eigenvalue weighted by atomic mass is 16.6. The van der Waals surface area contributed by atoms with E-state index in [9.17, 15) is 35.1 Å². The summed E-state index contributed by atoms with van der Waals surface area (Å²) in [5.74, 6) is 2.96. The highest BCUT2D eigenvalue weighted by molar-refractivity contribution is 5.89. The fourth-order valence-electron chi connectivity index (χ4n) is 13.8. The van der Waals surface area contributed by atoms with Crippen LogP contribution in [0.25, 0.3) is 0 Å². The molecule has 1 spiro atoms. The molecule has 11 nitrogen and oxygen atoms in total. The van der Waals surface area contributed by atoms with E-state index in [4.69, 9.17) is 9.47 Å². The van der Waals surface area contributed by atoms with Gasteiger partial charge in [0.05, 0.1) is 31.2 Å². The zero-order valence-corrected chi connectivity index (χ0v) is 40.4. The number of rotatable bonds is 7. The molecule has 7 aliphatic rings. The van der Waals surface area contributed by atoms with Gasteiger partial charge in [-0.3, -0.25) is 9.59 Å². The van der Waals surface area contributed by atoms with E-state index in [1.807, 2.05) is 55.5 Å². The van der Waals surface area contributed by atoms with Crippen molar-refractivity contribution >= 4 is 23.4 Å². The molecular weight excluding hydrogens is 883 g/mol. The highest BCUT2D eigenvalue weighted by Crippen LogP contribution is 2.56. The van der Waals surface area contributed by atoms with Crippen LogP contribution in [-0.2, 0) is 44.0 Å². The molecular formula is C59H67NO10. The predicted molar refractivity (Wildman–Crippen MR) is 265 cm³/mol. The van der Waals surface area contributed by atoms with Crippen molar-refractivity contribution in [2.45, 2.75) is 157 Å². The number of aromatic hydroxyl groups is 1. The lowest BCUT2D eigenvalue weighted by Gasteiger charge is -2.56. The second-order valence-electron chi connectivity index (χ2n) is 21.5. The average molecular weight is 950 g/mol. The molecule has 3 aromatic carbocycles. The molecule has 0 saturated heterocycles. The SMILES string of the molecule is CCC1CCC2C3Cc4cccc(c4)C4(CCCC4)C(O)C=C4CC(c5cc(CO)cc(NCC(C)O)c5)C#CC5CC(=O)Oc6c5cc(c(O)c6C5C=CC=CC5)CC(OC4=O)C1(O)C2CCC3=O. The number of aliphatic hydroxyl groups is 4. The summed E-state index contributed by atoms with van der Waals surface area (Å²) in [6.07, 6.45) is 13.0. The molecule has 3 saturated carbocycles. The molecule has 3 heterocycles. The predicted octanol–water partition coefficient (Wildman–Crippen LogP) is 8.43. The maximum Gasteiger partial charge on any atom is 0.334 e. The van der Waals surface area contributed by atoms with E-state index in [0.717, 1.165) is 30.4 Å². The number of benzene rings is 3. The number of nitrogens with one attached hydrogen (secondary N) is 1. The molecule has 6 N–H and O–H groups in total. The summed E-state index contributed by atoms with van der Waals surface area (Å²) in [4.78, 5) is 43.7. The van der Waals surface area contributed by atoms with Gasteiger partial charge in [0.2, 0.25) is 0 Å². The summed E-state index contributed by atoms with van der Waals surface area (Å²) in [7, 11) is 0. The van der Waals surface area contributed by atoms with Crippen molar-refractivity contribution in [3.05, 3.63) is 123 Å². The number of hydrogen-bond donors (Lipinski definition) is 6. The molecule has 70 heavy (non-hydrogen) atoms. The molecule has 3 fully saturated rings. The van der Waals surface area contributed by atoms with Crippen LogP contribution in [0.2, 0.25) is 0 Å². The zero-order chi connectivity index (χ0) is 48.9. The van der Waals surface area contributed by atoms with Gasteiger partial charge in [-0.15, -0.1) is 0 Å². The van der Waals surface area contributed by atoms with Crippen molar-refractivity contribution in [1.29, 1.82) is 0 Å². The molecule has 11 atom stereocenters. The minimum Gasteiger partial charge on any atom is -0.507 e. The van der Waals surface area contributed by atoms with Gasteiger partial charge in [0, 0.05) is 64.9 Å². The zero-order valence-electron chi connectivity index (χ0n) is 40.4. The number of allylic oxidation sites excluding steroid dienone is 4. The third kappa shape index (κ3) is 8.84. The van der Waals surface area contributed by atoms with E-state index >= 15 is 4.79 Å². The topological polar surface area (TPSA) is 183 Å². The molecule has 0 amide bonds. The molecule has 10 bridgehead atoms. The Labute approximate surface area is 411 Å². The Kier molecular flexibility index (Phi) is 13.5. The number of hydrogen-bond acceptors (Lipinski definition) is 11. The number of ether oxygens (including phenoxy) is 2. The molecule has 10 rings (SSSR count). The number of aliphatic hydroxyl groups excluding tert-OH is 3. The summed E-state index contributed by atoms with van der Waals surface area (Å²) in [6, 6.07) is 15.6. The Balaban J connectivity index is 1.24. The van der Waals surface area contributed by atoms with Crippen LogP contribution in [0.4, 0.5) is 5.69 Å². The summed E-state index contributed by atoms with van der Waals surface area (Å²) < 4.78 is 13.1. The molecule has 11 unspecified atom stereocenters. The van der Waals surface area contributed by atoms with Crippen LogP contribution in [-0.4, -0.2) is 73.7 Å². The second kappa shape index (κ2) is 19.6. The molecule has 11 heteroatoms. The maximum atomic E-state index is 15.7. The summed E-state index contributed by atoms with van der Waals surface area (Å²) in [5, 5.41) is 63.5. The smallest absolute Gasteiger partial charge is 0.334 e. The van der Waals surface area contributed by atoms with Gasteiger partial charge in [0.15, 0.2) is 0 Å². The van der Waals surface area contributed by atoms with E-state index in [1.165, 1.54) is 0 Å². The van der Waals surface area contributed by atoms with E-state index < -0.39 is 59.0 Å². The number of ketones is 1. The van der Waals surface area contributed by atoms with E-state index in [0.29, 0.717) is 78.5 Å². The molecule has 4 aliphatic carbocycles. The van der Waals surface area contributed by atoms with Crippen molar-refractivity contribution < 1.29 is 49.4 Å². The van der Waals surface area contributed by atoms with Crippen LogP contribution in [0, 0.1) is 35.5 Å². The fraction of sp³-hybridized carbons (Fsp3) is 0.508. The molecule has 3 aliphatic heterocycles. The lowest BCUT2D eigenvalue weighted by atomic mass is 9.53. The Morgan fingerprint density at radius 2 is 1.76 bits per heavy atom. The largest absolute Gasteiger partial charge is 0.507 e. The Bertz CT molecular complexity index is 2700. The third-order valence-electron chi connectivity index (χ3n) is 17.3. The van der Waals surface area contributed by atoms with Crippen molar-refractivity contribution in [3.8, 4) is 23.3 Å². The van der Waals surface area contributed by atoms with Gasteiger partial charge in [0.25, 0.3) is 0 Å². The standard InChI is InChI=1S/C59H67NO10/c1-3-43-16-17-46-48-25-35-10-9-13-44(23-35)58(20-7-8-21-58)51(64)29-42-26-38(40-22-36(33-61)24-45(27-40)60-32-34(2)62)14-15-39-31-53(65)70-56-47(39)28-41(55(66)54(56)37-11-5-4-6-12-37)30-52(69-57(42)67)59(43,68)49(46)18-19-50(48)63/h4-6,9-11,13,22-24,27-29,34,37-39,43,46,48-49,51-52,60-62,64,66,68H,3,7-8,12,16-21,25-26,30-33H2,1-2H3. The highest BCUT2D eigenvalue weighted by Gasteiger charge is 2.59. The van der Waals surface area contributed by atoms with E-state index in [1.54, 1.807) is 19.1 Å². The van der Waals surface area contributed by atoms with Crippen LogP contribution in [0.3, 0.4) is 0 Å². The third-order valence-corrected chi connectivity index (χ3v) is 17.3. The Morgan fingerprint density at radius 1 is 0.943 bits per heavy atom. The molecule has 0 aromatic heterocycles. The number of carbonyl (C=O) groups excluding carboxylic acids is 3. The first kappa shape index (κ1) is 48.1. The van der Waals surface area contributed by atoms with Crippen molar-refractivity contribution in [1.82, 2.24) is 0 Å². The number of esters is 2. The fourth-order valence-corrected chi connectivity index (χ4v) is 13.8. The first-order valence-corrected chi connectivity index (χ1v) is 25.8. The van der Waals surface area contributed by atoms with Gasteiger partial charge in [-0.25, -0.2) is 4.79 Å². The van der Waals surface area contributed by atoms with Crippen LogP contribution >= 0.6 is 0 Å². The van der Waals surface area contributed by atoms with Crippen molar-refractivity contribution in [3.63, 3.8) is 0 Å². The maximum absolute atomic E-state index is 15.7. The summed E-state index contributed by atoms with van der Waals surface area (Å²) in [6.45, 7) is 3.66. The van der Waals surface area contributed by atoms with Crippen molar-refractivity contribution in [2.24, 2.45) is 23.7 Å². The lowest BCUT2D eigenvalue weighted by Crippen LogP contribution is -2.63. The number of fused-ring (bicyclic) bond motifs is 8. The van der Waals surface area contributed by atoms with Crippen molar-refractivity contribution in [2.75, 3.05) is 11.9 Å². The van der Waals surface area contributed by atoms with Gasteiger partial charge >= 0.3 is 11.9 Å². The van der Waals surface area contributed by atoms with E-state index in [2.05, 4.69) is 35.4 Å². The van der Waals surface area contributed by atoms with Gasteiger partial charge in [-0.05, 0) is 128 Å². The van der Waals surface area contributed by atoms with Crippen LogP contribution < -0.4 is 10.1 Å². The van der Waals surface area contributed by atoms with Gasteiger partial charge < -0.3 is 40.3 Å². The van der Waals surface area contributed by atoms with E-state index in [-0.39, 0.29) is 85.4 Å². The second-order valence-corrected chi connectivity index (χ2v) is 21.5. The molecule has 368 valence electrons. The van der Waals surface area contributed by atoms with Crippen LogP contribution in [0.15, 0.2) is 84.5 Å². The van der Waals surface area contributed by atoms with Crippen LogP contribution in [0.5, 0.6) is 11.5 Å². The van der Waals surface area contributed by atoms with Gasteiger partial charge in [0.1, 0.15) is 29.0 Å². The first-order valence-electron chi connectivity index (χ1n) is 25.8.